The first kappa shape index (κ1) is 15.9. The molecule has 7 heteroatoms. The molecule has 2 amide bonds. The van der Waals surface area contributed by atoms with E-state index in [1.165, 1.54) is 30.3 Å². The first-order valence-electron chi connectivity index (χ1n) is 7.44. The second-order valence-electron chi connectivity index (χ2n) is 5.44. The predicted octanol–water partition coefficient (Wildman–Crippen LogP) is 2.22. The Morgan fingerprint density at radius 2 is 2.12 bits per heavy atom. The highest BCUT2D eigenvalue weighted by atomic mass is 19.1. The van der Waals surface area contributed by atoms with Crippen LogP contribution in [-0.2, 0) is 9.59 Å². The number of carbonyl (C=O) groups excluding carboxylic acids is 2. The summed E-state index contributed by atoms with van der Waals surface area (Å²) in [5, 5.41) is 2.71. The lowest BCUT2D eigenvalue weighted by molar-refractivity contribution is -0.122. The number of anilines is 2. The minimum Gasteiger partial charge on any atom is -0.481 e. The molecule has 1 aliphatic rings. The maximum absolute atomic E-state index is 13.8. The molecule has 0 radical (unpaired) electrons. The molecule has 3 rings (SSSR count). The highest BCUT2D eigenvalue weighted by Crippen LogP contribution is 2.28. The fourth-order valence-corrected chi connectivity index (χ4v) is 2.61. The lowest BCUT2D eigenvalue weighted by Crippen LogP contribution is -2.28. The molecule has 0 aliphatic carbocycles. The van der Waals surface area contributed by atoms with Gasteiger partial charge in [0.1, 0.15) is 5.82 Å². The number of methoxy groups -OCH3 is 1. The van der Waals surface area contributed by atoms with Crippen molar-refractivity contribution in [1.29, 1.82) is 0 Å². The molecule has 0 spiro atoms. The number of nitrogens with one attached hydrogen (secondary N) is 1. The van der Waals surface area contributed by atoms with Crippen LogP contribution in [0.3, 0.4) is 0 Å². The van der Waals surface area contributed by atoms with Crippen LogP contribution in [0.5, 0.6) is 5.88 Å². The molecule has 0 unspecified atom stereocenters. The zero-order valence-corrected chi connectivity index (χ0v) is 13.0. The number of amides is 2. The fraction of sp³-hybridized carbons (Fsp3) is 0.235. The Balaban J connectivity index is 1.68. The van der Waals surface area contributed by atoms with Crippen molar-refractivity contribution >= 4 is 23.2 Å². The summed E-state index contributed by atoms with van der Waals surface area (Å²) in [4.78, 5) is 29.8. The molecule has 1 atom stereocenters. The third-order valence-corrected chi connectivity index (χ3v) is 3.85. The average molecular weight is 329 g/mol. The van der Waals surface area contributed by atoms with Gasteiger partial charge in [0.05, 0.1) is 30.6 Å². The number of ether oxygens (including phenoxy) is 1. The quantitative estimate of drug-likeness (QED) is 0.934. The number of rotatable bonds is 4. The lowest BCUT2D eigenvalue weighted by Gasteiger charge is -2.17. The predicted molar refractivity (Wildman–Crippen MR) is 86.3 cm³/mol. The molecule has 24 heavy (non-hydrogen) atoms. The van der Waals surface area contributed by atoms with E-state index in [9.17, 15) is 14.0 Å². The third kappa shape index (κ3) is 3.19. The fourth-order valence-electron chi connectivity index (χ4n) is 2.61. The van der Waals surface area contributed by atoms with E-state index >= 15 is 0 Å². The maximum atomic E-state index is 13.8. The lowest BCUT2D eigenvalue weighted by atomic mass is 10.1. The number of para-hydroxylation sites is 1. The topological polar surface area (TPSA) is 71.5 Å². The summed E-state index contributed by atoms with van der Waals surface area (Å²) in [7, 11) is 1.50. The van der Waals surface area contributed by atoms with E-state index in [4.69, 9.17) is 4.74 Å². The number of benzene rings is 1. The molecule has 1 aromatic carbocycles. The van der Waals surface area contributed by atoms with Gasteiger partial charge in [-0.05, 0) is 18.2 Å². The largest absolute Gasteiger partial charge is 0.481 e. The van der Waals surface area contributed by atoms with Gasteiger partial charge in [-0.25, -0.2) is 9.37 Å². The number of aromatic nitrogens is 1. The summed E-state index contributed by atoms with van der Waals surface area (Å²) in [6.45, 7) is 0.148. The Hall–Kier alpha value is -2.96. The van der Waals surface area contributed by atoms with Crippen LogP contribution in [0, 0.1) is 11.7 Å². The first-order chi connectivity index (χ1) is 11.6. The van der Waals surface area contributed by atoms with Gasteiger partial charge >= 0.3 is 0 Å². The van der Waals surface area contributed by atoms with Crippen molar-refractivity contribution < 1.29 is 18.7 Å². The van der Waals surface area contributed by atoms with E-state index < -0.39 is 11.7 Å². The van der Waals surface area contributed by atoms with Crippen LogP contribution in [0.25, 0.3) is 0 Å². The van der Waals surface area contributed by atoms with Crippen molar-refractivity contribution in [2.24, 2.45) is 5.92 Å². The van der Waals surface area contributed by atoms with E-state index in [1.54, 1.807) is 24.3 Å². The van der Waals surface area contributed by atoms with Crippen molar-refractivity contribution in [3.05, 3.63) is 48.4 Å². The van der Waals surface area contributed by atoms with Gasteiger partial charge < -0.3 is 15.0 Å². The summed E-state index contributed by atoms with van der Waals surface area (Å²) in [5.41, 5.74) is 0.710. The number of carbonyl (C=O) groups is 2. The number of nitrogens with zero attached hydrogens (tertiary/aromatic N) is 2. The molecule has 0 bridgehead atoms. The Bertz CT molecular complexity index is 764. The number of hydrogen-bond donors (Lipinski definition) is 1. The Kier molecular flexibility index (Phi) is 4.41. The highest BCUT2D eigenvalue weighted by molar-refractivity contribution is 6.03. The third-order valence-electron chi connectivity index (χ3n) is 3.85. The minimum absolute atomic E-state index is 0.0454. The standard InChI is InChI=1S/C17H16FN3O3/c1-24-15-7-6-12(9-19-15)20-17(23)11-8-16(22)21(10-11)14-5-3-2-4-13(14)18/h2-7,9,11H,8,10H2,1H3,(H,20,23)/t11-/m1/s1. The monoisotopic (exact) mass is 329 g/mol. The number of halogens is 1. The van der Waals surface area contributed by atoms with E-state index in [1.807, 2.05) is 0 Å². The van der Waals surface area contributed by atoms with Crippen LogP contribution in [0.2, 0.25) is 0 Å². The smallest absolute Gasteiger partial charge is 0.229 e. The van der Waals surface area contributed by atoms with E-state index in [0.717, 1.165) is 0 Å². The van der Waals surface area contributed by atoms with Gasteiger partial charge in [0.25, 0.3) is 0 Å². The summed E-state index contributed by atoms with van der Waals surface area (Å²) in [6.07, 6.45) is 1.52. The van der Waals surface area contributed by atoms with Crippen molar-refractivity contribution in [3.8, 4) is 5.88 Å². The zero-order chi connectivity index (χ0) is 17.1. The van der Waals surface area contributed by atoms with Crippen LogP contribution in [0.4, 0.5) is 15.8 Å². The molecular weight excluding hydrogens is 313 g/mol. The van der Waals surface area contributed by atoms with Gasteiger partial charge in [0.2, 0.25) is 17.7 Å². The summed E-state index contributed by atoms with van der Waals surface area (Å²) >= 11 is 0. The SMILES string of the molecule is COc1ccc(NC(=O)[C@@H]2CC(=O)N(c3ccccc3F)C2)cn1. The summed E-state index contributed by atoms with van der Waals surface area (Å²) < 4.78 is 18.8. The van der Waals surface area contributed by atoms with Crippen LogP contribution < -0.4 is 15.0 Å². The second-order valence-corrected chi connectivity index (χ2v) is 5.44. The molecule has 1 N–H and O–H groups in total. The molecule has 1 saturated heterocycles. The molecule has 124 valence electrons. The number of pyridine rings is 1. The van der Waals surface area contributed by atoms with Gasteiger partial charge in [-0.15, -0.1) is 0 Å². The average Bonchev–Trinajstić information content (AvgIpc) is 2.98. The molecule has 1 fully saturated rings. The summed E-state index contributed by atoms with van der Waals surface area (Å²) in [6, 6.07) is 9.32. The Labute approximate surface area is 138 Å². The van der Waals surface area contributed by atoms with Gasteiger partial charge in [-0.3, -0.25) is 9.59 Å². The first-order valence-corrected chi connectivity index (χ1v) is 7.44. The molecule has 2 heterocycles. The van der Waals surface area contributed by atoms with Crippen molar-refractivity contribution in [2.45, 2.75) is 6.42 Å². The normalized spacial score (nSPS) is 17.0. The summed E-state index contributed by atoms with van der Waals surface area (Å²) in [5.74, 6) is -1.15. The van der Waals surface area contributed by atoms with E-state index in [0.29, 0.717) is 11.6 Å². The van der Waals surface area contributed by atoms with E-state index in [2.05, 4.69) is 10.3 Å². The minimum atomic E-state index is -0.542. The van der Waals surface area contributed by atoms with Crippen LogP contribution in [-0.4, -0.2) is 30.5 Å². The second kappa shape index (κ2) is 6.66. The maximum Gasteiger partial charge on any atom is 0.229 e. The molecule has 2 aromatic rings. The molecule has 6 nitrogen and oxygen atoms in total. The van der Waals surface area contributed by atoms with Gasteiger partial charge in [-0.2, -0.15) is 0 Å². The van der Waals surface area contributed by atoms with Gasteiger partial charge in [-0.1, -0.05) is 12.1 Å². The molecule has 0 saturated carbocycles. The highest BCUT2D eigenvalue weighted by Gasteiger charge is 2.36. The van der Waals surface area contributed by atoms with Crippen molar-refractivity contribution in [3.63, 3.8) is 0 Å². The van der Waals surface area contributed by atoms with Crippen LogP contribution in [0.15, 0.2) is 42.6 Å². The Morgan fingerprint density at radius 1 is 1.33 bits per heavy atom. The van der Waals surface area contributed by atoms with Gasteiger partial charge in [0.15, 0.2) is 0 Å². The molecular formula is C17H16FN3O3. The van der Waals surface area contributed by atoms with Crippen LogP contribution in [0.1, 0.15) is 6.42 Å². The van der Waals surface area contributed by atoms with Crippen molar-refractivity contribution in [1.82, 2.24) is 4.98 Å². The van der Waals surface area contributed by atoms with Crippen LogP contribution >= 0.6 is 0 Å². The van der Waals surface area contributed by atoms with Crippen molar-refractivity contribution in [2.75, 3.05) is 23.9 Å². The van der Waals surface area contributed by atoms with E-state index in [-0.39, 0.29) is 30.5 Å². The zero-order valence-electron chi connectivity index (χ0n) is 13.0. The Morgan fingerprint density at radius 3 is 2.79 bits per heavy atom. The van der Waals surface area contributed by atoms with Gasteiger partial charge in [0, 0.05) is 19.0 Å². The number of hydrogen-bond acceptors (Lipinski definition) is 4. The molecule has 1 aliphatic heterocycles. The molecule has 1 aromatic heterocycles.